The zero-order chi connectivity index (χ0) is 9.84. The summed E-state index contributed by atoms with van der Waals surface area (Å²) >= 11 is 0. The molecule has 0 bridgehead atoms. The van der Waals surface area contributed by atoms with E-state index in [1.165, 1.54) is 19.2 Å². The largest absolute Gasteiger partial charge is 0.461 e. The van der Waals surface area contributed by atoms with Crippen molar-refractivity contribution in [3.63, 3.8) is 0 Å². The molecule has 0 N–H and O–H groups in total. The van der Waals surface area contributed by atoms with E-state index in [0.29, 0.717) is 0 Å². The van der Waals surface area contributed by atoms with Gasteiger partial charge in [0.25, 0.3) is 0 Å². The van der Waals surface area contributed by atoms with Crippen molar-refractivity contribution in [2.24, 2.45) is 0 Å². The van der Waals surface area contributed by atoms with E-state index in [1.54, 1.807) is 6.92 Å². The summed E-state index contributed by atoms with van der Waals surface area (Å²) in [6.45, 7) is 3.31. The van der Waals surface area contributed by atoms with Crippen molar-refractivity contribution in [2.75, 3.05) is 6.61 Å². The number of carbonyl (C=O) groups excluding carboxylic acids is 2. The van der Waals surface area contributed by atoms with E-state index in [2.05, 4.69) is 5.10 Å². The van der Waals surface area contributed by atoms with Crippen LogP contribution in [0.5, 0.6) is 0 Å². The number of ether oxygens (including phenoxy) is 1. The number of esters is 1. The van der Waals surface area contributed by atoms with E-state index in [4.69, 9.17) is 4.74 Å². The Morgan fingerprint density at radius 3 is 2.85 bits per heavy atom. The van der Waals surface area contributed by atoms with Gasteiger partial charge in [-0.05, 0) is 13.0 Å². The van der Waals surface area contributed by atoms with Crippen molar-refractivity contribution >= 4 is 11.9 Å². The van der Waals surface area contributed by atoms with Crippen LogP contribution in [-0.2, 0) is 4.74 Å². The van der Waals surface area contributed by atoms with Crippen LogP contribution in [0.25, 0.3) is 0 Å². The van der Waals surface area contributed by atoms with Gasteiger partial charge < -0.3 is 4.74 Å². The van der Waals surface area contributed by atoms with Gasteiger partial charge in [-0.3, -0.25) is 4.79 Å². The number of carbonyl (C=O) groups is 2. The second kappa shape index (κ2) is 3.84. The monoisotopic (exact) mass is 182 g/mol. The highest BCUT2D eigenvalue weighted by molar-refractivity contribution is 5.92. The van der Waals surface area contributed by atoms with Gasteiger partial charge in [0.05, 0.1) is 12.8 Å². The Labute approximate surface area is 75.3 Å². The quantitative estimate of drug-likeness (QED) is 0.632. The maximum Gasteiger partial charge on any atom is 0.357 e. The fourth-order valence-corrected chi connectivity index (χ4v) is 0.914. The predicted octanol–water partition coefficient (Wildman–Crippen LogP) is 0.720. The average molecular weight is 182 g/mol. The molecule has 0 amide bonds. The lowest BCUT2D eigenvalue weighted by molar-refractivity contribution is 0.0506. The molecule has 5 nitrogen and oxygen atoms in total. The number of aromatic nitrogens is 2. The number of nitrogens with zero attached hydrogens (tertiary/aromatic N) is 2. The summed E-state index contributed by atoms with van der Waals surface area (Å²) in [7, 11) is 0. The van der Waals surface area contributed by atoms with Gasteiger partial charge in [-0.1, -0.05) is 0 Å². The van der Waals surface area contributed by atoms with Gasteiger partial charge in [-0.15, -0.1) is 0 Å². The molecule has 0 radical (unpaired) electrons. The topological polar surface area (TPSA) is 61.2 Å². The minimum Gasteiger partial charge on any atom is -0.461 e. The SMILES string of the molecule is CCOC(=O)c1ccnn1C(C)=O. The molecule has 1 aromatic rings. The second-order valence-electron chi connectivity index (χ2n) is 2.37. The molecule has 0 saturated heterocycles. The first-order chi connectivity index (χ1) is 6.16. The molecule has 0 saturated carbocycles. The number of rotatable bonds is 2. The smallest absolute Gasteiger partial charge is 0.357 e. The Bertz CT molecular complexity index is 330. The first-order valence-corrected chi connectivity index (χ1v) is 3.89. The second-order valence-corrected chi connectivity index (χ2v) is 2.37. The molecule has 1 rings (SSSR count). The van der Waals surface area contributed by atoms with Crippen LogP contribution in [0.1, 0.15) is 29.1 Å². The Morgan fingerprint density at radius 2 is 2.31 bits per heavy atom. The maximum atomic E-state index is 11.2. The van der Waals surface area contributed by atoms with Crippen LogP contribution in [0.15, 0.2) is 12.3 Å². The predicted molar refractivity (Wildman–Crippen MR) is 44.5 cm³/mol. The number of hydrogen-bond acceptors (Lipinski definition) is 4. The van der Waals surface area contributed by atoms with Crippen LogP contribution in [0, 0.1) is 0 Å². The van der Waals surface area contributed by atoms with Crippen LogP contribution in [0.3, 0.4) is 0 Å². The molecule has 0 fully saturated rings. The van der Waals surface area contributed by atoms with E-state index >= 15 is 0 Å². The summed E-state index contributed by atoms with van der Waals surface area (Å²) in [5.74, 6) is -0.844. The Hall–Kier alpha value is -1.65. The fourth-order valence-electron chi connectivity index (χ4n) is 0.914. The van der Waals surface area contributed by atoms with Crippen LogP contribution in [0.4, 0.5) is 0 Å². The van der Waals surface area contributed by atoms with Crippen LogP contribution < -0.4 is 0 Å². The summed E-state index contributed by atoms with van der Waals surface area (Å²) in [4.78, 5) is 22.1. The molecule has 0 aliphatic rings. The molecular formula is C8H10N2O3. The lowest BCUT2D eigenvalue weighted by Gasteiger charge is -2.01. The van der Waals surface area contributed by atoms with Crippen molar-refractivity contribution in [3.8, 4) is 0 Å². The van der Waals surface area contributed by atoms with Crippen molar-refractivity contribution in [2.45, 2.75) is 13.8 Å². The van der Waals surface area contributed by atoms with Crippen LogP contribution >= 0.6 is 0 Å². The normalized spacial score (nSPS) is 9.69. The zero-order valence-electron chi connectivity index (χ0n) is 7.48. The van der Waals surface area contributed by atoms with Crippen LogP contribution in [0.2, 0.25) is 0 Å². The van der Waals surface area contributed by atoms with Gasteiger partial charge in [0.1, 0.15) is 0 Å². The van der Waals surface area contributed by atoms with Crippen molar-refractivity contribution in [1.29, 1.82) is 0 Å². The molecule has 13 heavy (non-hydrogen) atoms. The van der Waals surface area contributed by atoms with E-state index in [0.717, 1.165) is 4.68 Å². The summed E-state index contributed by atoms with van der Waals surface area (Å²) in [5.41, 5.74) is 0.161. The van der Waals surface area contributed by atoms with E-state index in [9.17, 15) is 9.59 Å². The third kappa shape index (κ3) is 1.93. The highest BCUT2D eigenvalue weighted by atomic mass is 16.5. The average Bonchev–Trinajstić information content (AvgIpc) is 2.52. The van der Waals surface area contributed by atoms with Crippen molar-refractivity contribution < 1.29 is 14.3 Å². The molecule has 0 atom stereocenters. The van der Waals surface area contributed by atoms with Gasteiger partial charge in [0, 0.05) is 6.92 Å². The first-order valence-electron chi connectivity index (χ1n) is 3.89. The summed E-state index contributed by atoms with van der Waals surface area (Å²) < 4.78 is 5.74. The van der Waals surface area contributed by atoms with Gasteiger partial charge in [0.15, 0.2) is 5.69 Å². The van der Waals surface area contributed by atoms with E-state index in [-0.39, 0.29) is 18.2 Å². The minimum absolute atomic E-state index is 0.161. The van der Waals surface area contributed by atoms with E-state index < -0.39 is 5.97 Å². The third-order valence-corrected chi connectivity index (χ3v) is 1.43. The molecule has 1 heterocycles. The fraction of sp³-hybridized carbons (Fsp3) is 0.375. The van der Waals surface area contributed by atoms with Gasteiger partial charge in [0.2, 0.25) is 5.91 Å². The van der Waals surface area contributed by atoms with Crippen molar-refractivity contribution in [1.82, 2.24) is 9.78 Å². The minimum atomic E-state index is -0.532. The highest BCUT2D eigenvalue weighted by Gasteiger charge is 2.14. The number of hydrogen-bond donors (Lipinski definition) is 0. The lowest BCUT2D eigenvalue weighted by atomic mass is 10.4. The summed E-state index contributed by atoms with van der Waals surface area (Å²) in [5, 5.41) is 3.69. The van der Waals surface area contributed by atoms with E-state index in [1.807, 2.05) is 0 Å². The molecular weight excluding hydrogens is 172 g/mol. The molecule has 0 aliphatic carbocycles. The zero-order valence-corrected chi connectivity index (χ0v) is 7.48. The summed E-state index contributed by atoms with van der Waals surface area (Å²) in [6, 6.07) is 1.44. The summed E-state index contributed by atoms with van der Waals surface area (Å²) in [6.07, 6.45) is 1.38. The standard InChI is InChI=1S/C8H10N2O3/c1-3-13-8(12)7-4-5-9-10(7)6(2)11/h4-5H,3H2,1-2H3. The molecule has 0 aromatic carbocycles. The van der Waals surface area contributed by atoms with Gasteiger partial charge >= 0.3 is 5.97 Å². The van der Waals surface area contributed by atoms with Gasteiger partial charge in [-0.2, -0.15) is 9.78 Å². The van der Waals surface area contributed by atoms with Crippen LogP contribution in [-0.4, -0.2) is 28.3 Å². The lowest BCUT2D eigenvalue weighted by Crippen LogP contribution is -2.17. The molecule has 0 spiro atoms. The molecule has 5 heteroatoms. The third-order valence-electron chi connectivity index (χ3n) is 1.43. The van der Waals surface area contributed by atoms with Gasteiger partial charge in [-0.25, -0.2) is 4.79 Å². The Morgan fingerprint density at radius 1 is 1.62 bits per heavy atom. The first kappa shape index (κ1) is 9.44. The molecule has 1 aromatic heterocycles. The van der Waals surface area contributed by atoms with Crippen molar-refractivity contribution in [3.05, 3.63) is 18.0 Å². The maximum absolute atomic E-state index is 11.2. The Balaban J connectivity index is 2.93. The molecule has 0 aliphatic heterocycles. The highest BCUT2D eigenvalue weighted by Crippen LogP contribution is 2.00. The molecule has 70 valence electrons. The Kier molecular flexibility index (Phi) is 2.79. The molecule has 0 unspecified atom stereocenters.